The maximum atomic E-state index is 6.13. The van der Waals surface area contributed by atoms with Crippen LogP contribution in [0.15, 0.2) is 24.4 Å². The molecule has 1 aromatic carbocycles. The number of hydrogen-bond donors (Lipinski definition) is 2. The molecule has 0 unspecified atom stereocenters. The number of aromatic amines is 1. The third-order valence-corrected chi connectivity index (χ3v) is 3.00. The molecule has 1 atom stereocenters. The van der Waals surface area contributed by atoms with Crippen LogP contribution in [0.25, 0.3) is 10.9 Å². The zero-order valence-corrected chi connectivity index (χ0v) is 10.5. The molecule has 0 aliphatic carbocycles. The number of nitrogens with one attached hydrogen (secondary N) is 1. The molecule has 92 valence electrons. The monoisotopic (exact) mass is 232 g/mol. The smallest absolute Gasteiger partial charge is 0.128 e. The Morgan fingerprint density at radius 3 is 2.88 bits per heavy atom. The highest BCUT2D eigenvalue weighted by molar-refractivity contribution is 5.89. The Balaban J connectivity index is 2.47. The van der Waals surface area contributed by atoms with Gasteiger partial charge in [0.1, 0.15) is 5.75 Å². The number of aromatic nitrogens is 1. The van der Waals surface area contributed by atoms with Crippen molar-refractivity contribution in [1.82, 2.24) is 4.98 Å². The minimum Gasteiger partial charge on any atom is -0.493 e. The summed E-state index contributed by atoms with van der Waals surface area (Å²) < 4.78 is 5.79. The number of benzene rings is 1. The van der Waals surface area contributed by atoms with E-state index in [9.17, 15) is 0 Å². The van der Waals surface area contributed by atoms with Crippen LogP contribution in [-0.4, -0.2) is 11.6 Å². The molecule has 3 heteroatoms. The summed E-state index contributed by atoms with van der Waals surface area (Å²) in [7, 11) is 0. The van der Waals surface area contributed by atoms with E-state index in [1.165, 1.54) is 0 Å². The first kappa shape index (κ1) is 12.0. The summed E-state index contributed by atoms with van der Waals surface area (Å²) in [5, 5.41) is 1.13. The Labute approximate surface area is 102 Å². The Morgan fingerprint density at radius 2 is 2.18 bits per heavy atom. The summed E-state index contributed by atoms with van der Waals surface area (Å²) >= 11 is 0. The summed E-state index contributed by atoms with van der Waals surface area (Å²) in [4.78, 5) is 3.26. The van der Waals surface area contributed by atoms with E-state index in [1.54, 1.807) is 0 Å². The molecule has 0 bridgehead atoms. The van der Waals surface area contributed by atoms with Crippen molar-refractivity contribution in [3.05, 3.63) is 30.0 Å². The molecule has 0 aliphatic rings. The van der Waals surface area contributed by atoms with Crippen molar-refractivity contribution in [3.63, 3.8) is 0 Å². The van der Waals surface area contributed by atoms with Crippen molar-refractivity contribution in [2.75, 3.05) is 6.61 Å². The molecule has 0 aliphatic heterocycles. The number of H-pyrrole nitrogens is 1. The van der Waals surface area contributed by atoms with Gasteiger partial charge in [0.2, 0.25) is 0 Å². The van der Waals surface area contributed by atoms with Crippen LogP contribution in [0.5, 0.6) is 5.75 Å². The van der Waals surface area contributed by atoms with Crippen LogP contribution in [0, 0.1) is 0 Å². The van der Waals surface area contributed by atoms with Gasteiger partial charge in [-0.1, -0.05) is 19.9 Å². The van der Waals surface area contributed by atoms with Crippen molar-refractivity contribution in [3.8, 4) is 5.75 Å². The molecule has 2 aromatic rings. The molecule has 3 nitrogen and oxygen atoms in total. The summed E-state index contributed by atoms with van der Waals surface area (Å²) in [5.41, 5.74) is 8.37. The highest BCUT2D eigenvalue weighted by Gasteiger charge is 2.13. The first-order chi connectivity index (χ1) is 8.27. The van der Waals surface area contributed by atoms with Gasteiger partial charge < -0.3 is 15.5 Å². The van der Waals surface area contributed by atoms with Crippen LogP contribution < -0.4 is 10.5 Å². The van der Waals surface area contributed by atoms with E-state index in [2.05, 4.69) is 24.9 Å². The molecule has 1 heterocycles. The maximum Gasteiger partial charge on any atom is 0.128 e. The van der Waals surface area contributed by atoms with Gasteiger partial charge in [0, 0.05) is 23.1 Å². The average molecular weight is 232 g/mol. The molecule has 1 aromatic heterocycles. The summed E-state index contributed by atoms with van der Waals surface area (Å²) in [5.74, 6) is 0.935. The number of hydrogen-bond acceptors (Lipinski definition) is 2. The van der Waals surface area contributed by atoms with Gasteiger partial charge in [0.25, 0.3) is 0 Å². The number of nitrogens with two attached hydrogens (primary N) is 1. The predicted octanol–water partition coefficient (Wildman–Crippen LogP) is 3.37. The normalized spacial score (nSPS) is 12.9. The summed E-state index contributed by atoms with van der Waals surface area (Å²) in [6, 6.07) is 6.14. The molecule has 0 saturated carbocycles. The Morgan fingerprint density at radius 1 is 1.35 bits per heavy atom. The lowest BCUT2D eigenvalue weighted by atomic mass is 10.0. The Hall–Kier alpha value is -1.48. The highest BCUT2D eigenvalue weighted by atomic mass is 16.5. The van der Waals surface area contributed by atoms with Crippen LogP contribution in [0.2, 0.25) is 0 Å². The Kier molecular flexibility index (Phi) is 3.69. The standard InChI is InChI=1S/C14H20N2O/c1-3-8-17-13-7-5-6-12-14(13)10(9-16-12)11(15)4-2/h5-7,9,11,16H,3-4,8,15H2,1-2H3/t11-/m1/s1. The third-order valence-electron chi connectivity index (χ3n) is 3.00. The second-order valence-corrected chi connectivity index (χ2v) is 4.29. The number of ether oxygens (including phenoxy) is 1. The second kappa shape index (κ2) is 5.23. The van der Waals surface area contributed by atoms with Crippen molar-refractivity contribution in [2.24, 2.45) is 5.73 Å². The van der Waals surface area contributed by atoms with Gasteiger partial charge in [-0.2, -0.15) is 0 Å². The number of rotatable bonds is 5. The van der Waals surface area contributed by atoms with Gasteiger partial charge in [-0.3, -0.25) is 0 Å². The molecule has 0 amide bonds. The molecule has 0 saturated heterocycles. The fraction of sp³-hybridized carbons (Fsp3) is 0.429. The lowest BCUT2D eigenvalue weighted by molar-refractivity contribution is 0.321. The molecular weight excluding hydrogens is 212 g/mol. The minimum atomic E-state index is 0.0649. The fourth-order valence-corrected chi connectivity index (χ4v) is 2.02. The van der Waals surface area contributed by atoms with Crippen molar-refractivity contribution in [1.29, 1.82) is 0 Å². The molecule has 2 rings (SSSR count). The predicted molar refractivity (Wildman–Crippen MR) is 71.3 cm³/mol. The van der Waals surface area contributed by atoms with Gasteiger partial charge >= 0.3 is 0 Å². The zero-order valence-electron chi connectivity index (χ0n) is 10.5. The zero-order chi connectivity index (χ0) is 12.3. The first-order valence-corrected chi connectivity index (χ1v) is 6.26. The van der Waals surface area contributed by atoms with Crippen molar-refractivity contribution >= 4 is 10.9 Å². The Bertz CT molecular complexity index is 490. The van der Waals surface area contributed by atoms with E-state index in [1.807, 2.05) is 18.3 Å². The van der Waals surface area contributed by atoms with E-state index in [4.69, 9.17) is 10.5 Å². The van der Waals surface area contributed by atoms with Crippen LogP contribution >= 0.6 is 0 Å². The van der Waals surface area contributed by atoms with Gasteiger partial charge in [0.05, 0.1) is 6.61 Å². The topological polar surface area (TPSA) is 51.0 Å². The first-order valence-electron chi connectivity index (χ1n) is 6.26. The van der Waals surface area contributed by atoms with Gasteiger partial charge in [-0.15, -0.1) is 0 Å². The quantitative estimate of drug-likeness (QED) is 0.830. The van der Waals surface area contributed by atoms with E-state index < -0.39 is 0 Å². The largest absolute Gasteiger partial charge is 0.493 e. The van der Waals surface area contributed by atoms with E-state index in [0.29, 0.717) is 0 Å². The molecule has 17 heavy (non-hydrogen) atoms. The van der Waals surface area contributed by atoms with Gasteiger partial charge in [-0.25, -0.2) is 0 Å². The van der Waals surface area contributed by atoms with Crippen LogP contribution in [0.1, 0.15) is 38.3 Å². The highest BCUT2D eigenvalue weighted by Crippen LogP contribution is 2.32. The lowest BCUT2D eigenvalue weighted by Gasteiger charge is -2.11. The van der Waals surface area contributed by atoms with Crippen molar-refractivity contribution in [2.45, 2.75) is 32.7 Å². The van der Waals surface area contributed by atoms with Gasteiger partial charge in [0.15, 0.2) is 0 Å². The fourth-order valence-electron chi connectivity index (χ4n) is 2.02. The molecule has 3 N–H and O–H groups in total. The van der Waals surface area contributed by atoms with E-state index in [0.717, 1.165) is 41.7 Å². The SMILES string of the molecule is CCCOc1cccc2[nH]cc([C@H](N)CC)c12. The number of fused-ring (bicyclic) bond motifs is 1. The second-order valence-electron chi connectivity index (χ2n) is 4.29. The minimum absolute atomic E-state index is 0.0649. The van der Waals surface area contributed by atoms with Gasteiger partial charge in [-0.05, 0) is 30.5 Å². The van der Waals surface area contributed by atoms with Crippen LogP contribution in [0.4, 0.5) is 0 Å². The van der Waals surface area contributed by atoms with E-state index in [-0.39, 0.29) is 6.04 Å². The summed E-state index contributed by atoms with van der Waals surface area (Å²) in [6.07, 6.45) is 3.93. The average Bonchev–Trinajstić information content (AvgIpc) is 2.79. The summed E-state index contributed by atoms with van der Waals surface area (Å²) in [6.45, 7) is 4.94. The van der Waals surface area contributed by atoms with Crippen molar-refractivity contribution < 1.29 is 4.74 Å². The third kappa shape index (κ3) is 2.29. The van der Waals surface area contributed by atoms with Crippen LogP contribution in [-0.2, 0) is 0 Å². The maximum absolute atomic E-state index is 6.13. The molecule has 0 radical (unpaired) electrons. The molecule has 0 fully saturated rings. The molecular formula is C14H20N2O. The molecule has 0 spiro atoms. The van der Waals surface area contributed by atoms with Crippen LogP contribution in [0.3, 0.4) is 0 Å². The van der Waals surface area contributed by atoms with E-state index >= 15 is 0 Å². The lowest BCUT2D eigenvalue weighted by Crippen LogP contribution is -2.08.